The molecule has 474 valence electrons. The standard InChI is InChI=1S/3C18H22O.2C5H8.C4H6.2C3H8.4C2H6/c3*1-10-7-8-11(2)16(12(10)3)9-17-13(4)14(5)18(19)15(17)6;2*1-3-5-4-2;1-3-4-2;2*1-3-2;4*1-2/h3*7-8H,9H2,1-6H3;2*3H2,1-2H3;1-2H3;2*3H2,1-2H3;4*1-2H3. The molecular formula is C82H128O3. The number of Topliss-reactive ketones (excluding diaryl/α,β-unsaturated/α-hetero) is 3. The normalized spacial score (nSPS) is 12.1. The molecule has 0 saturated heterocycles. The molecule has 0 radical (unpaired) electrons. The number of hydrogen-bond acceptors (Lipinski definition) is 3. The van der Waals surface area contributed by atoms with Gasteiger partial charge in [-0.1, -0.05) is 146 Å². The first-order valence-corrected chi connectivity index (χ1v) is 32.2. The van der Waals surface area contributed by atoms with Gasteiger partial charge in [0.15, 0.2) is 17.3 Å². The number of benzene rings is 3. The summed E-state index contributed by atoms with van der Waals surface area (Å²) >= 11 is 0. The first-order valence-electron chi connectivity index (χ1n) is 32.2. The number of ketones is 3. The van der Waals surface area contributed by atoms with Crippen LogP contribution in [0.25, 0.3) is 0 Å². The van der Waals surface area contributed by atoms with Crippen LogP contribution >= 0.6 is 0 Å². The first-order chi connectivity index (χ1) is 40.1. The minimum atomic E-state index is 0.218. The van der Waals surface area contributed by atoms with Crippen LogP contribution in [0.4, 0.5) is 0 Å². The lowest BCUT2D eigenvalue weighted by molar-refractivity contribution is -0.112. The lowest BCUT2D eigenvalue weighted by Gasteiger charge is -2.14. The zero-order valence-electron chi connectivity index (χ0n) is 62.1. The number of allylic oxidation sites excluding steroid dienone is 12. The van der Waals surface area contributed by atoms with Crippen LogP contribution in [-0.2, 0) is 33.6 Å². The molecule has 3 aliphatic carbocycles. The Labute approximate surface area is 528 Å². The van der Waals surface area contributed by atoms with Crippen LogP contribution in [-0.4, -0.2) is 17.3 Å². The van der Waals surface area contributed by atoms with Crippen molar-refractivity contribution in [3.8, 4) is 35.5 Å². The summed E-state index contributed by atoms with van der Waals surface area (Å²) in [5, 5.41) is 0. The average molecular weight is 1160 g/mol. The molecule has 85 heavy (non-hydrogen) atoms. The zero-order valence-corrected chi connectivity index (χ0v) is 62.1. The van der Waals surface area contributed by atoms with Gasteiger partial charge in [0.05, 0.1) is 0 Å². The lowest BCUT2D eigenvalue weighted by atomic mass is 9.90. The van der Waals surface area contributed by atoms with E-state index in [-0.39, 0.29) is 17.3 Å². The fraction of sp³-hybridized carbons (Fsp3) is 0.524. The Bertz CT molecular complexity index is 2640. The topological polar surface area (TPSA) is 51.2 Å². The van der Waals surface area contributed by atoms with E-state index < -0.39 is 0 Å². The van der Waals surface area contributed by atoms with Gasteiger partial charge in [-0.05, 0) is 289 Å². The van der Waals surface area contributed by atoms with Crippen LogP contribution in [0.2, 0.25) is 0 Å². The van der Waals surface area contributed by atoms with E-state index in [4.69, 9.17) is 0 Å². The number of hydrogen-bond donors (Lipinski definition) is 0. The molecule has 3 aromatic rings. The predicted octanol–water partition coefficient (Wildman–Crippen LogP) is 24.0. The molecule has 3 aromatic carbocycles. The molecule has 3 heteroatoms. The number of aryl methyl sites for hydroxylation is 6. The highest BCUT2D eigenvalue weighted by Gasteiger charge is 2.27. The summed E-state index contributed by atoms with van der Waals surface area (Å²) in [4.78, 5) is 36.1. The Morgan fingerprint density at radius 2 is 0.447 bits per heavy atom. The van der Waals surface area contributed by atoms with Crippen molar-refractivity contribution in [2.24, 2.45) is 0 Å². The summed E-state index contributed by atoms with van der Waals surface area (Å²) in [5.74, 6) is 17.3. The molecule has 0 aliphatic heterocycles. The molecule has 0 heterocycles. The van der Waals surface area contributed by atoms with Crippen LogP contribution in [0.3, 0.4) is 0 Å². The van der Waals surface area contributed by atoms with Crippen molar-refractivity contribution in [2.75, 3.05) is 0 Å². The fourth-order valence-electron chi connectivity index (χ4n) is 8.81. The van der Waals surface area contributed by atoms with Gasteiger partial charge in [-0.2, -0.15) is 0 Å². The fourth-order valence-corrected chi connectivity index (χ4v) is 8.81. The third-order valence-electron chi connectivity index (χ3n) is 14.8. The first kappa shape index (κ1) is 90.0. The number of carbonyl (C=O) groups excluding carboxylic acids is 3. The van der Waals surface area contributed by atoms with E-state index in [1.807, 2.05) is 138 Å². The van der Waals surface area contributed by atoms with Crippen LogP contribution in [0.1, 0.15) is 279 Å². The maximum absolute atomic E-state index is 12.0. The van der Waals surface area contributed by atoms with Crippen molar-refractivity contribution in [3.05, 3.63) is 170 Å². The van der Waals surface area contributed by atoms with Crippen molar-refractivity contribution in [2.45, 2.75) is 294 Å². The van der Waals surface area contributed by atoms with E-state index in [9.17, 15) is 14.4 Å². The summed E-state index contributed by atoms with van der Waals surface area (Å²) in [7, 11) is 0. The van der Waals surface area contributed by atoms with E-state index in [2.05, 4.69) is 183 Å². The Balaban J connectivity index is -0.000000226. The summed E-state index contributed by atoms with van der Waals surface area (Å²) in [6.07, 6.45) is 7.09. The van der Waals surface area contributed by atoms with Gasteiger partial charge in [-0.3, -0.25) is 14.4 Å². The van der Waals surface area contributed by atoms with Gasteiger partial charge >= 0.3 is 0 Å². The quantitative estimate of drug-likeness (QED) is 0.231. The molecule has 0 amide bonds. The highest BCUT2D eigenvalue weighted by molar-refractivity contribution is 6.13. The Kier molecular flexibility index (Phi) is 55.2. The Hall–Kier alpha value is -6.21. The second-order valence-corrected chi connectivity index (χ2v) is 20.5. The Morgan fingerprint density at radius 3 is 0.565 bits per heavy atom. The maximum Gasteiger partial charge on any atom is 0.184 e. The zero-order chi connectivity index (χ0) is 68.0. The molecular weight excluding hydrogens is 1030 g/mol. The van der Waals surface area contributed by atoms with Crippen LogP contribution in [0, 0.1) is 97.8 Å². The van der Waals surface area contributed by atoms with Gasteiger partial charge < -0.3 is 0 Å². The van der Waals surface area contributed by atoms with Gasteiger partial charge in [0.2, 0.25) is 0 Å². The van der Waals surface area contributed by atoms with Gasteiger partial charge in [0, 0.05) is 29.6 Å². The van der Waals surface area contributed by atoms with Crippen molar-refractivity contribution >= 4 is 17.3 Å². The third kappa shape index (κ3) is 30.1. The van der Waals surface area contributed by atoms with Crippen LogP contribution < -0.4 is 0 Å². The smallest absolute Gasteiger partial charge is 0.184 e. The molecule has 0 unspecified atom stereocenters. The molecule has 3 nitrogen and oxygen atoms in total. The molecule has 0 spiro atoms. The average Bonchev–Trinajstić information content (AvgIpc) is 4.03. The molecule has 0 bridgehead atoms. The minimum Gasteiger partial charge on any atom is -0.289 e. The SMILES string of the molecule is CC.CC.CC.CC.CC#CC.CC#CCC.CC#CCC.CC1=C(C)C(Cc2c(C)ccc(C)c2C)=C(C)C1=O.CC1=C(C)C(Cc2c(C)ccc(C)c2C)=C(C)C1=O.CC1=C(C)C(Cc2c(C)ccc(C)c2C)=C(C)C1=O.CCC.CCC. The third-order valence-corrected chi connectivity index (χ3v) is 14.8. The largest absolute Gasteiger partial charge is 0.289 e. The van der Waals surface area contributed by atoms with Gasteiger partial charge in [0.25, 0.3) is 0 Å². The van der Waals surface area contributed by atoms with E-state index in [1.54, 1.807) is 0 Å². The second-order valence-electron chi connectivity index (χ2n) is 20.5. The van der Waals surface area contributed by atoms with E-state index in [1.165, 1.54) is 113 Å². The van der Waals surface area contributed by atoms with E-state index >= 15 is 0 Å². The summed E-state index contributed by atoms with van der Waals surface area (Å²) in [6.45, 7) is 73.2. The molecule has 3 aliphatic rings. The number of rotatable bonds is 6. The van der Waals surface area contributed by atoms with Crippen molar-refractivity contribution in [1.82, 2.24) is 0 Å². The van der Waals surface area contributed by atoms with Crippen molar-refractivity contribution in [1.29, 1.82) is 0 Å². The summed E-state index contributed by atoms with van der Waals surface area (Å²) in [6, 6.07) is 13.0. The van der Waals surface area contributed by atoms with Gasteiger partial charge in [-0.15, -0.1) is 35.5 Å². The van der Waals surface area contributed by atoms with E-state index in [0.717, 1.165) is 65.5 Å². The van der Waals surface area contributed by atoms with Crippen LogP contribution in [0.15, 0.2) is 103 Å². The van der Waals surface area contributed by atoms with Crippen molar-refractivity contribution in [3.63, 3.8) is 0 Å². The number of carbonyl (C=O) groups is 3. The van der Waals surface area contributed by atoms with Crippen molar-refractivity contribution < 1.29 is 14.4 Å². The molecule has 6 rings (SSSR count). The van der Waals surface area contributed by atoms with Gasteiger partial charge in [0.1, 0.15) is 0 Å². The molecule has 0 aromatic heterocycles. The van der Waals surface area contributed by atoms with Crippen LogP contribution in [0.5, 0.6) is 0 Å². The lowest BCUT2D eigenvalue weighted by Crippen LogP contribution is -2.01. The highest BCUT2D eigenvalue weighted by Crippen LogP contribution is 2.36. The minimum absolute atomic E-state index is 0.218. The highest BCUT2D eigenvalue weighted by atomic mass is 16.1. The monoisotopic (exact) mass is 1160 g/mol. The predicted molar refractivity (Wildman–Crippen MR) is 385 cm³/mol. The Morgan fingerprint density at radius 1 is 0.271 bits per heavy atom. The van der Waals surface area contributed by atoms with Gasteiger partial charge in [-0.25, -0.2) is 0 Å². The molecule has 0 N–H and O–H groups in total. The molecule has 0 atom stereocenters. The summed E-state index contributed by atoms with van der Waals surface area (Å²) in [5.41, 5.74) is 28.8. The molecule has 0 fully saturated rings. The molecule has 0 saturated carbocycles. The summed E-state index contributed by atoms with van der Waals surface area (Å²) < 4.78 is 0. The second kappa shape index (κ2) is 52.1. The van der Waals surface area contributed by atoms with E-state index in [0.29, 0.717) is 0 Å². The maximum atomic E-state index is 12.0.